The van der Waals surface area contributed by atoms with Gasteiger partial charge in [-0.15, -0.1) is 0 Å². The van der Waals surface area contributed by atoms with E-state index in [1.165, 1.54) is 4.90 Å². The van der Waals surface area contributed by atoms with E-state index in [1.54, 1.807) is 42.0 Å². The molecule has 2 heterocycles. The number of hydrogen-bond donors (Lipinski definition) is 1. The number of para-hydroxylation sites is 2. The highest BCUT2D eigenvalue weighted by Crippen LogP contribution is 2.33. The van der Waals surface area contributed by atoms with Gasteiger partial charge in [0.05, 0.1) is 24.9 Å². The average molecular weight is 391 g/mol. The standard InChI is InChI=1S/C19H25N3O6/c1-13-19(26)22(15-5-3-4-6-16(15)28-13)11-17(23)21-7-8-27-14(10-21)9-20(2)12-18(24)25/h3-6,13-14H,7-12H2,1-2H3,(H,24,25). The summed E-state index contributed by atoms with van der Waals surface area (Å²) in [6.45, 7) is 3.09. The molecule has 2 aliphatic heterocycles. The summed E-state index contributed by atoms with van der Waals surface area (Å²) in [6.07, 6.45) is -0.918. The quantitative estimate of drug-likeness (QED) is 0.731. The molecule has 1 fully saturated rings. The summed E-state index contributed by atoms with van der Waals surface area (Å²) in [5.74, 6) is -0.758. The number of fused-ring (bicyclic) bond motifs is 1. The van der Waals surface area contributed by atoms with Crippen molar-refractivity contribution in [2.45, 2.75) is 19.1 Å². The van der Waals surface area contributed by atoms with Crippen LogP contribution >= 0.6 is 0 Å². The van der Waals surface area contributed by atoms with Gasteiger partial charge in [-0.2, -0.15) is 0 Å². The minimum Gasteiger partial charge on any atom is -0.480 e. The molecule has 0 saturated carbocycles. The number of carboxylic acids is 1. The molecule has 152 valence electrons. The molecule has 0 bridgehead atoms. The number of anilines is 1. The maximum atomic E-state index is 12.9. The van der Waals surface area contributed by atoms with Gasteiger partial charge in [0.2, 0.25) is 5.91 Å². The zero-order valence-electron chi connectivity index (χ0n) is 16.0. The molecule has 2 aliphatic rings. The molecule has 2 amide bonds. The van der Waals surface area contributed by atoms with Crippen LogP contribution in [0.1, 0.15) is 6.92 Å². The largest absolute Gasteiger partial charge is 0.480 e. The number of nitrogens with zero attached hydrogens (tertiary/aromatic N) is 3. The number of amides is 2. The molecule has 9 heteroatoms. The first-order valence-corrected chi connectivity index (χ1v) is 9.22. The van der Waals surface area contributed by atoms with Crippen LogP contribution in [0.4, 0.5) is 5.69 Å². The molecule has 2 atom stereocenters. The van der Waals surface area contributed by atoms with E-state index in [-0.39, 0.29) is 31.0 Å². The monoisotopic (exact) mass is 391 g/mol. The minimum absolute atomic E-state index is 0.0682. The van der Waals surface area contributed by atoms with Crippen molar-refractivity contribution in [3.63, 3.8) is 0 Å². The third-order valence-corrected chi connectivity index (χ3v) is 4.78. The molecular weight excluding hydrogens is 366 g/mol. The number of likely N-dealkylation sites (N-methyl/N-ethyl adjacent to an activating group) is 1. The van der Waals surface area contributed by atoms with E-state index in [0.29, 0.717) is 37.7 Å². The summed E-state index contributed by atoms with van der Waals surface area (Å²) in [5, 5.41) is 8.87. The van der Waals surface area contributed by atoms with E-state index < -0.39 is 12.1 Å². The maximum Gasteiger partial charge on any atom is 0.317 e. The SMILES string of the molecule is CC1Oc2ccccc2N(CC(=O)N2CCOC(CN(C)CC(=O)O)C2)C1=O. The number of benzene rings is 1. The van der Waals surface area contributed by atoms with Gasteiger partial charge >= 0.3 is 5.97 Å². The van der Waals surface area contributed by atoms with Gasteiger partial charge in [0.25, 0.3) is 5.91 Å². The number of aliphatic carboxylic acids is 1. The van der Waals surface area contributed by atoms with Crippen molar-refractivity contribution in [2.75, 3.05) is 51.3 Å². The Labute approximate surface area is 163 Å². The van der Waals surface area contributed by atoms with Gasteiger partial charge in [0.1, 0.15) is 12.3 Å². The van der Waals surface area contributed by atoms with Gasteiger partial charge in [-0.25, -0.2) is 0 Å². The van der Waals surface area contributed by atoms with Gasteiger partial charge in [-0.3, -0.25) is 24.2 Å². The molecule has 3 rings (SSSR count). The van der Waals surface area contributed by atoms with Gasteiger partial charge in [0, 0.05) is 19.6 Å². The van der Waals surface area contributed by atoms with Gasteiger partial charge in [0.15, 0.2) is 6.10 Å². The highest BCUT2D eigenvalue weighted by Gasteiger charge is 2.34. The smallest absolute Gasteiger partial charge is 0.317 e. The molecule has 1 aromatic rings. The Hall–Kier alpha value is -2.65. The lowest BCUT2D eigenvalue weighted by Crippen LogP contribution is -2.54. The second kappa shape index (κ2) is 8.57. The van der Waals surface area contributed by atoms with Crippen LogP contribution < -0.4 is 9.64 Å². The zero-order chi connectivity index (χ0) is 20.3. The van der Waals surface area contributed by atoms with Crippen LogP contribution in [0.15, 0.2) is 24.3 Å². The van der Waals surface area contributed by atoms with Gasteiger partial charge < -0.3 is 19.5 Å². The third-order valence-electron chi connectivity index (χ3n) is 4.78. The molecule has 9 nitrogen and oxygen atoms in total. The first-order valence-electron chi connectivity index (χ1n) is 9.22. The molecule has 0 spiro atoms. The van der Waals surface area contributed by atoms with Crippen LogP contribution in [0.25, 0.3) is 0 Å². The van der Waals surface area contributed by atoms with E-state index >= 15 is 0 Å². The predicted molar refractivity (Wildman–Crippen MR) is 100 cm³/mol. The van der Waals surface area contributed by atoms with Crippen molar-refractivity contribution in [1.82, 2.24) is 9.80 Å². The summed E-state index contributed by atoms with van der Waals surface area (Å²) >= 11 is 0. The summed E-state index contributed by atoms with van der Waals surface area (Å²) in [5.41, 5.74) is 0.588. The number of carbonyl (C=O) groups is 3. The molecule has 0 aromatic heterocycles. The summed E-state index contributed by atoms with van der Waals surface area (Å²) in [6, 6.07) is 7.15. The fourth-order valence-electron chi connectivity index (χ4n) is 3.46. The molecule has 0 radical (unpaired) electrons. The Morgan fingerprint density at radius 3 is 2.82 bits per heavy atom. The van der Waals surface area contributed by atoms with Crippen LogP contribution in [0.5, 0.6) is 5.75 Å². The summed E-state index contributed by atoms with van der Waals surface area (Å²) < 4.78 is 11.3. The highest BCUT2D eigenvalue weighted by molar-refractivity contribution is 6.03. The third kappa shape index (κ3) is 4.60. The van der Waals surface area contributed by atoms with Crippen LogP contribution in [-0.4, -0.2) is 91.3 Å². The lowest BCUT2D eigenvalue weighted by molar-refractivity contribution is -0.142. The Morgan fingerprint density at radius 1 is 1.32 bits per heavy atom. The maximum absolute atomic E-state index is 12.9. The first kappa shape index (κ1) is 20.1. The fourth-order valence-corrected chi connectivity index (χ4v) is 3.46. The molecule has 1 saturated heterocycles. The fraction of sp³-hybridized carbons (Fsp3) is 0.526. The van der Waals surface area contributed by atoms with Crippen molar-refractivity contribution < 1.29 is 29.0 Å². The highest BCUT2D eigenvalue weighted by atomic mass is 16.5. The number of morpholine rings is 1. The number of carbonyl (C=O) groups excluding carboxylic acids is 2. The average Bonchev–Trinajstić information content (AvgIpc) is 2.64. The second-order valence-electron chi connectivity index (χ2n) is 7.08. The predicted octanol–water partition coefficient (Wildman–Crippen LogP) is 0.0443. The van der Waals surface area contributed by atoms with Crippen LogP contribution in [0.3, 0.4) is 0 Å². The van der Waals surface area contributed by atoms with E-state index in [4.69, 9.17) is 14.6 Å². The van der Waals surface area contributed by atoms with Crippen LogP contribution in [0.2, 0.25) is 0 Å². The zero-order valence-corrected chi connectivity index (χ0v) is 16.0. The normalized spacial score (nSPS) is 22.0. The Morgan fingerprint density at radius 2 is 2.07 bits per heavy atom. The van der Waals surface area contributed by atoms with E-state index in [2.05, 4.69) is 0 Å². The van der Waals surface area contributed by atoms with Crippen molar-refractivity contribution >= 4 is 23.5 Å². The Kier molecular flexibility index (Phi) is 6.15. The van der Waals surface area contributed by atoms with Crippen molar-refractivity contribution in [3.8, 4) is 5.75 Å². The van der Waals surface area contributed by atoms with Crippen molar-refractivity contribution in [2.24, 2.45) is 0 Å². The van der Waals surface area contributed by atoms with E-state index in [1.807, 2.05) is 6.07 Å². The molecular formula is C19H25N3O6. The molecule has 0 aliphatic carbocycles. The van der Waals surface area contributed by atoms with Crippen LogP contribution in [0, 0.1) is 0 Å². The van der Waals surface area contributed by atoms with Crippen molar-refractivity contribution in [1.29, 1.82) is 0 Å². The van der Waals surface area contributed by atoms with Gasteiger partial charge in [-0.05, 0) is 26.1 Å². The van der Waals surface area contributed by atoms with Crippen molar-refractivity contribution in [3.05, 3.63) is 24.3 Å². The van der Waals surface area contributed by atoms with E-state index in [9.17, 15) is 14.4 Å². The molecule has 28 heavy (non-hydrogen) atoms. The molecule has 1 aromatic carbocycles. The summed E-state index contributed by atoms with van der Waals surface area (Å²) in [4.78, 5) is 41.0. The Balaban J connectivity index is 1.64. The van der Waals surface area contributed by atoms with E-state index in [0.717, 1.165) is 0 Å². The van der Waals surface area contributed by atoms with Gasteiger partial charge in [-0.1, -0.05) is 12.1 Å². The number of carboxylic acid groups (broad SMARTS) is 1. The number of rotatable bonds is 6. The molecule has 1 N–H and O–H groups in total. The lowest BCUT2D eigenvalue weighted by atomic mass is 10.1. The lowest BCUT2D eigenvalue weighted by Gasteiger charge is -2.37. The van der Waals surface area contributed by atoms with Crippen LogP contribution in [-0.2, 0) is 19.1 Å². The number of hydrogen-bond acceptors (Lipinski definition) is 6. The topological polar surface area (TPSA) is 99.6 Å². The summed E-state index contributed by atoms with van der Waals surface area (Å²) in [7, 11) is 1.70. The number of ether oxygens (including phenoxy) is 2. The first-order chi connectivity index (χ1) is 13.3. The minimum atomic E-state index is -0.912. The second-order valence-corrected chi connectivity index (χ2v) is 7.08. The Bertz CT molecular complexity index is 755. The molecule has 2 unspecified atom stereocenters.